The number of rotatable bonds is 9. The van der Waals surface area contributed by atoms with E-state index in [1.807, 2.05) is 44.1 Å². The molecule has 1 amide bonds. The van der Waals surface area contributed by atoms with Crippen molar-refractivity contribution in [3.63, 3.8) is 0 Å². The van der Waals surface area contributed by atoms with Crippen LogP contribution in [0.15, 0.2) is 42.7 Å². The van der Waals surface area contributed by atoms with Gasteiger partial charge < -0.3 is 15.4 Å². The summed E-state index contributed by atoms with van der Waals surface area (Å²) in [5, 5.41) is 1.01. The normalized spacial score (nSPS) is 12.8. The van der Waals surface area contributed by atoms with Crippen LogP contribution in [0.1, 0.15) is 39.4 Å². The van der Waals surface area contributed by atoms with E-state index in [9.17, 15) is 13.2 Å². The molecule has 0 fully saturated rings. The Morgan fingerprint density at radius 3 is 2.61 bits per heavy atom. The van der Waals surface area contributed by atoms with Gasteiger partial charge in [0.2, 0.25) is 5.88 Å². The van der Waals surface area contributed by atoms with Crippen LogP contribution in [0.5, 0.6) is 5.88 Å². The molecule has 2 N–H and O–H groups in total. The molecular weight excluding hydrogens is 522 g/mol. The van der Waals surface area contributed by atoms with Crippen LogP contribution in [0.4, 0.5) is 0 Å². The van der Waals surface area contributed by atoms with Crippen molar-refractivity contribution in [3.05, 3.63) is 69.3 Å². The van der Waals surface area contributed by atoms with Crippen molar-refractivity contribution in [2.75, 3.05) is 20.4 Å². The first-order valence-corrected chi connectivity index (χ1v) is 14.2. The van der Waals surface area contributed by atoms with E-state index in [-0.39, 0.29) is 16.5 Å². The van der Waals surface area contributed by atoms with Crippen molar-refractivity contribution in [1.82, 2.24) is 19.3 Å². The summed E-state index contributed by atoms with van der Waals surface area (Å²) >= 11 is 7.61. The molecule has 0 saturated heterocycles. The number of primary amides is 1. The van der Waals surface area contributed by atoms with Crippen LogP contribution < -0.4 is 10.5 Å². The third kappa shape index (κ3) is 5.86. The van der Waals surface area contributed by atoms with Gasteiger partial charge in [0.25, 0.3) is 5.91 Å². The fraction of sp³-hybridized carbons (Fsp3) is 0.292. The van der Waals surface area contributed by atoms with Gasteiger partial charge in [-0.2, -0.15) is 4.98 Å². The molecule has 36 heavy (non-hydrogen) atoms. The van der Waals surface area contributed by atoms with Crippen molar-refractivity contribution in [2.24, 2.45) is 5.73 Å². The summed E-state index contributed by atoms with van der Waals surface area (Å²) < 4.78 is 31.3. The summed E-state index contributed by atoms with van der Waals surface area (Å²) in [5.41, 5.74) is 9.25. The molecular formula is C24H26ClN5O4S2. The maximum atomic E-state index is 12.2. The average Bonchev–Trinajstić information content (AvgIpc) is 3.36. The number of hydrogen-bond donors (Lipinski definition) is 1. The zero-order valence-electron chi connectivity index (χ0n) is 20.2. The number of ether oxygens (including phenoxy) is 1. The van der Waals surface area contributed by atoms with E-state index in [1.165, 1.54) is 6.26 Å². The summed E-state index contributed by atoms with van der Waals surface area (Å²) in [7, 11) is 0.749. The number of sulfone groups is 1. The smallest absolute Gasteiger partial charge is 0.264 e. The first kappa shape index (κ1) is 26.1. The molecule has 4 aromatic rings. The molecule has 0 spiro atoms. The number of hydrogen-bond acceptors (Lipinski definition) is 8. The Kier molecular flexibility index (Phi) is 7.37. The fourth-order valence-electron chi connectivity index (χ4n) is 3.82. The molecule has 190 valence electrons. The molecule has 1 atom stereocenters. The molecule has 1 aromatic carbocycles. The van der Waals surface area contributed by atoms with Gasteiger partial charge in [-0.05, 0) is 44.3 Å². The molecule has 12 heteroatoms. The van der Waals surface area contributed by atoms with E-state index in [0.29, 0.717) is 26.9 Å². The topological polar surface area (TPSA) is 120 Å². The number of nitrogens with zero attached hydrogens (tertiary/aromatic N) is 4. The monoisotopic (exact) mass is 547 g/mol. The summed E-state index contributed by atoms with van der Waals surface area (Å²) in [6, 6.07) is 9.22. The van der Waals surface area contributed by atoms with Crippen molar-refractivity contribution >= 4 is 44.3 Å². The van der Waals surface area contributed by atoms with Gasteiger partial charge in [0, 0.05) is 29.6 Å². The van der Waals surface area contributed by atoms with Gasteiger partial charge in [0.15, 0.2) is 14.7 Å². The van der Waals surface area contributed by atoms with Crippen LogP contribution in [0.2, 0.25) is 5.02 Å². The summed E-state index contributed by atoms with van der Waals surface area (Å²) in [4.78, 5) is 23.3. The fourth-order valence-corrected chi connectivity index (χ4v) is 5.81. The number of fused-ring (bicyclic) bond motifs is 1. The minimum absolute atomic E-state index is 0.102. The lowest BCUT2D eigenvalue weighted by Gasteiger charge is -2.17. The van der Waals surface area contributed by atoms with E-state index in [2.05, 4.69) is 9.97 Å². The maximum absolute atomic E-state index is 12.2. The Balaban J connectivity index is 1.67. The molecule has 4 rings (SSSR count). The second-order valence-corrected chi connectivity index (χ2v) is 12.4. The van der Waals surface area contributed by atoms with Crippen molar-refractivity contribution in [3.8, 4) is 16.6 Å². The number of amides is 1. The third-order valence-electron chi connectivity index (χ3n) is 5.32. The Morgan fingerprint density at radius 2 is 1.97 bits per heavy atom. The van der Waals surface area contributed by atoms with Gasteiger partial charge in [-0.3, -0.25) is 9.20 Å². The lowest BCUT2D eigenvalue weighted by Crippen LogP contribution is -2.13. The SMILES string of the molecule is C[C@@H](Oc1nc(-c2cnc3ccc(CS(C)(=O)=O)cn23)sc1C(N)=O)c1ccc(CN(C)C)cc1Cl. The van der Waals surface area contributed by atoms with Crippen LogP contribution in [0.3, 0.4) is 0 Å². The summed E-state index contributed by atoms with van der Waals surface area (Å²) in [5.74, 6) is -0.670. The zero-order chi connectivity index (χ0) is 26.2. The van der Waals surface area contributed by atoms with Crippen LogP contribution in [0.25, 0.3) is 16.3 Å². The first-order chi connectivity index (χ1) is 16.9. The van der Waals surface area contributed by atoms with Gasteiger partial charge in [0.05, 0.1) is 11.9 Å². The highest BCUT2D eigenvalue weighted by molar-refractivity contribution is 7.89. The van der Waals surface area contributed by atoms with E-state index in [1.54, 1.807) is 28.9 Å². The molecule has 0 aliphatic carbocycles. The number of pyridine rings is 1. The largest absolute Gasteiger partial charge is 0.469 e. The summed E-state index contributed by atoms with van der Waals surface area (Å²) in [6.45, 7) is 2.57. The van der Waals surface area contributed by atoms with Gasteiger partial charge >= 0.3 is 0 Å². The number of carbonyl (C=O) groups is 1. The standard InChI is InChI=1S/C24H26ClN5O4S2/c1-14(17-7-5-15(9-18(17)25)11-29(2)3)34-23-21(22(26)31)35-24(28-23)19-10-27-20-8-6-16(12-30(19)20)13-36(4,32)33/h5-10,12,14H,11,13H2,1-4H3,(H2,26,31)/t14-/m1/s1. The second-order valence-electron chi connectivity index (χ2n) is 8.85. The Morgan fingerprint density at radius 1 is 1.25 bits per heavy atom. The Labute approximate surface area is 218 Å². The van der Waals surface area contributed by atoms with Crippen molar-refractivity contribution < 1.29 is 17.9 Å². The zero-order valence-corrected chi connectivity index (χ0v) is 22.6. The number of halogens is 1. The number of aromatic nitrogens is 3. The molecule has 3 aromatic heterocycles. The summed E-state index contributed by atoms with van der Waals surface area (Å²) in [6.07, 6.45) is 3.99. The van der Waals surface area contributed by atoms with E-state index in [0.717, 1.165) is 29.0 Å². The quantitative estimate of drug-likeness (QED) is 0.337. The van der Waals surface area contributed by atoms with E-state index in [4.69, 9.17) is 22.1 Å². The van der Waals surface area contributed by atoms with E-state index < -0.39 is 21.8 Å². The second kappa shape index (κ2) is 10.2. The number of benzene rings is 1. The van der Waals surface area contributed by atoms with Crippen molar-refractivity contribution in [2.45, 2.75) is 25.3 Å². The molecule has 9 nitrogen and oxygen atoms in total. The average molecular weight is 548 g/mol. The third-order valence-corrected chi connectivity index (χ3v) is 7.58. The minimum atomic E-state index is -3.21. The van der Waals surface area contributed by atoms with Crippen LogP contribution in [-0.4, -0.2) is 53.9 Å². The number of nitrogens with two attached hydrogens (primary N) is 1. The molecule has 0 unspecified atom stereocenters. The lowest BCUT2D eigenvalue weighted by molar-refractivity contribution is 0.0997. The van der Waals surface area contributed by atoms with Crippen LogP contribution in [-0.2, 0) is 22.1 Å². The molecule has 3 heterocycles. The lowest BCUT2D eigenvalue weighted by atomic mass is 10.1. The van der Waals surface area contributed by atoms with Gasteiger partial charge in [0.1, 0.15) is 22.5 Å². The number of carbonyl (C=O) groups excluding carboxylic acids is 1. The Hall–Kier alpha value is -2.99. The Bertz CT molecular complexity index is 1550. The predicted octanol–water partition coefficient (Wildman–Crippen LogP) is 3.96. The molecule has 0 saturated carbocycles. The van der Waals surface area contributed by atoms with Gasteiger partial charge in [-0.1, -0.05) is 29.8 Å². The molecule has 0 radical (unpaired) electrons. The molecule has 0 aliphatic heterocycles. The molecule has 0 bridgehead atoms. The van der Waals surface area contributed by atoms with Crippen LogP contribution >= 0.6 is 22.9 Å². The highest BCUT2D eigenvalue weighted by Crippen LogP contribution is 2.36. The predicted molar refractivity (Wildman–Crippen MR) is 141 cm³/mol. The highest BCUT2D eigenvalue weighted by Gasteiger charge is 2.23. The van der Waals surface area contributed by atoms with Crippen molar-refractivity contribution in [1.29, 1.82) is 0 Å². The van der Waals surface area contributed by atoms with Crippen LogP contribution in [0, 0.1) is 0 Å². The number of imidazole rings is 1. The maximum Gasteiger partial charge on any atom is 0.264 e. The van der Waals surface area contributed by atoms with E-state index >= 15 is 0 Å². The van der Waals surface area contributed by atoms with Gasteiger partial charge in [-0.15, -0.1) is 11.3 Å². The number of thiazole rings is 1. The minimum Gasteiger partial charge on any atom is -0.469 e. The van der Waals surface area contributed by atoms with Gasteiger partial charge in [-0.25, -0.2) is 13.4 Å². The first-order valence-electron chi connectivity index (χ1n) is 11.0. The molecule has 0 aliphatic rings. The highest BCUT2D eigenvalue weighted by atomic mass is 35.5.